The third kappa shape index (κ3) is 2.79. The van der Waals surface area contributed by atoms with Crippen LogP contribution in [0.4, 0.5) is 22.0 Å². The Morgan fingerprint density at radius 1 is 0.864 bits per heavy atom. The van der Waals surface area contributed by atoms with Crippen LogP contribution in [0.1, 0.15) is 17.0 Å². The summed E-state index contributed by atoms with van der Waals surface area (Å²) in [6.45, 7) is 0. The van der Waals surface area contributed by atoms with Crippen molar-refractivity contribution in [2.75, 3.05) is 0 Å². The van der Waals surface area contributed by atoms with Crippen molar-refractivity contribution in [1.29, 1.82) is 0 Å². The summed E-state index contributed by atoms with van der Waals surface area (Å²) in [4.78, 5) is 11.2. The van der Waals surface area contributed by atoms with Gasteiger partial charge in [-0.25, -0.2) is 22.0 Å². The van der Waals surface area contributed by atoms with E-state index < -0.39 is 53.0 Å². The lowest BCUT2D eigenvalue weighted by atomic mass is 9.91. The van der Waals surface area contributed by atoms with Crippen molar-refractivity contribution in [3.8, 4) is 0 Å². The van der Waals surface area contributed by atoms with Gasteiger partial charge < -0.3 is 5.11 Å². The van der Waals surface area contributed by atoms with Gasteiger partial charge in [-0.3, -0.25) is 4.79 Å². The first-order valence-corrected chi connectivity index (χ1v) is 6.12. The summed E-state index contributed by atoms with van der Waals surface area (Å²) >= 11 is 0. The highest BCUT2D eigenvalue weighted by atomic mass is 19.2. The van der Waals surface area contributed by atoms with Gasteiger partial charge in [-0.15, -0.1) is 0 Å². The van der Waals surface area contributed by atoms with E-state index in [1.54, 1.807) is 18.2 Å². The number of benzene rings is 2. The zero-order valence-electron chi connectivity index (χ0n) is 10.9. The second kappa shape index (κ2) is 6.13. The molecule has 0 amide bonds. The predicted molar refractivity (Wildman–Crippen MR) is 66.8 cm³/mol. The van der Waals surface area contributed by atoms with Crippen molar-refractivity contribution in [2.24, 2.45) is 0 Å². The van der Waals surface area contributed by atoms with Gasteiger partial charge in [0, 0.05) is 5.56 Å². The Kier molecular flexibility index (Phi) is 4.44. The maximum absolute atomic E-state index is 13.7. The first-order valence-electron chi connectivity index (χ1n) is 6.12. The number of carbonyl (C=O) groups is 1. The smallest absolute Gasteiger partial charge is 0.311 e. The van der Waals surface area contributed by atoms with E-state index in [1.165, 1.54) is 12.1 Å². The van der Waals surface area contributed by atoms with Crippen LogP contribution in [-0.4, -0.2) is 11.1 Å². The highest BCUT2D eigenvalue weighted by molar-refractivity contribution is 5.76. The molecule has 0 saturated carbocycles. The van der Waals surface area contributed by atoms with Crippen molar-refractivity contribution in [3.63, 3.8) is 0 Å². The zero-order chi connectivity index (χ0) is 16.4. The van der Waals surface area contributed by atoms with Crippen LogP contribution >= 0.6 is 0 Å². The number of aliphatic carboxylic acids is 1. The van der Waals surface area contributed by atoms with Gasteiger partial charge in [0.2, 0.25) is 5.82 Å². The van der Waals surface area contributed by atoms with Gasteiger partial charge in [-0.2, -0.15) is 0 Å². The molecule has 0 spiro atoms. The summed E-state index contributed by atoms with van der Waals surface area (Å²) in [5.41, 5.74) is -0.952. The van der Waals surface area contributed by atoms with E-state index in [4.69, 9.17) is 5.11 Å². The molecule has 0 radical (unpaired) electrons. The van der Waals surface area contributed by atoms with Crippen molar-refractivity contribution >= 4 is 5.97 Å². The van der Waals surface area contributed by atoms with Gasteiger partial charge >= 0.3 is 5.97 Å². The molecule has 116 valence electrons. The molecule has 0 aromatic heterocycles. The van der Waals surface area contributed by atoms with Crippen LogP contribution in [-0.2, 0) is 11.2 Å². The lowest BCUT2D eigenvalue weighted by Crippen LogP contribution is -2.20. The van der Waals surface area contributed by atoms with Crippen LogP contribution in [0.15, 0.2) is 30.3 Å². The lowest BCUT2D eigenvalue weighted by molar-refractivity contribution is -0.138. The molecule has 2 rings (SSSR count). The Morgan fingerprint density at radius 2 is 1.32 bits per heavy atom. The second-order valence-electron chi connectivity index (χ2n) is 4.56. The SMILES string of the molecule is O=C(O)C(Cc1ccccc1)c1c(F)c(F)c(F)c(F)c1F. The lowest BCUT2D eigenvalue weighted by Gasteiger charge is -2.16. The van der Waals surface area contributed by atoms with Crippen LogP contribution in [0, 0.1) is 29.1 Å². The molecule has 0 bridgehead atoms. The van der Waals surface area contributed by atoms with E-state index in [0.717, 1.165) is 0 Å². The minimum Gasteiger partial charge on any atom is -0.481 e. The van der Waals surface area contributed by atoms with E-state index in [-0.39, 0.29) is 0 Å². The van der Waals surface area contributed by atoms with Gasteiger partial charge in [0.1, 0.15) is 0 Å². The summed E-state index contributed by atoms with van der Waals surface area (Å²) < 4.78 is 66.9. The number of hydrogen-bond acceptors (Lipinski definition) is 1. The van der Waals surface area contributed by atoms with E-state index in [9.17, 15) is 26.7 Å². The van der Waals surface area contributed by atoms with Crippen molar-refractivity contribution in [1.82, 2.24) is 0 Å². The summed E-state index contributed by atoms with van der Waals surface area (Å²) in [5.74, 6) is -14.5. The average molecular weight is 316 g/mol. The molecule has 0 heterocycles. The molecule has 1 N–H and O–H groups in total. The Labute approximate surface area is 121 Å². The number of carboxylic acid groups (broad SMARTS) is 1. The maximum Gasteiger partial charge on any atom is 0.311 e. The number of rotatable bonds is 4. The highest BCUT2D eigenvalue weighted by Crippen LogP contribution is 2.31. The van der Waals surface area contributed by atoms with E-state index >= 15 is 0 Å². The van der Waals surface area contributed by atoms with Gasteiger partial charge in [0.15, 0.2) is 23.3 Å². The fourth-order valence-corrected chi connectivity index (χ4v) is 2.09. The van der Waals surface area contributed by atoms with Gasteiger partial charge in [-0.05, 0) is 12.0 Å². The molecule has 2 nitrogen and oxygen atoms in total. The minimum atomic E-state index is -2.32. The van der Waals surface area contributed by atoms with Gasteiger partial charge in [0.25, 0.3) is 0 Å². The molecule has 0 aliphatic carbocycles. The Morgan fingerprint density at radius 3 is 1.77 bits per heavy atom. The van der Waals surface area contributed by atoms with Crippen LogP contribution in [0.3, 0.4) is 0 Å². The number of hydrogen-bond donors (Lipinski definition) is 1. The summed E-state index contributed by atoms with van der Waals surface area (Å²) in [6, 6.07) is 7.74. The zero-order valence-corrected chi connectivity index (χ0v) is 10.9. The maximum atomic E-state index is 13.7. The largest absolute Gasteiger partial charge is 0.481 e. The van der Waals surface area contributed by atoms with Crippen molar-refractivity contribution in [3.05, 3.63) is 70.5 Å². The minimum absolute atomic E-state index is 0.388. The molecular weight excluding hydrogens is 307 g/mol. The molecule has 22 heavy (non-hydrogen) atoms. The Balaban J connectivity index is 2.57. The van der Waals surface area contributed by atoms with E-state index in [2.05, 4.69) is 0 Å². The van der Waals surface area contributed by atoms with Crippen LogP contribution in [0.2, 0.25) is 0 Å². The second-order valence-corrected chi connectivity index (χ2v) is 4.56. The average Bonchev–Trinajstić information content (AvgIpc) is 2.51. The van der Waals surface area contributed by atoms with Crippen LogP contribution < -0.4 is 0 Å². The first-order chi connectivity index (χ1) is 10.3. The van der Waals surface area contributed by atoms with Crippen LogP contribution in [0.25, 0.3) is 0 Å². The molecule has 2 aromatic carbocycles. The molecule has 0 fully saturated rings. The van der Waals surface area contributed by atoms with Gasteiger partial charge in [0.05, 0.1) is 5.92 Å². The molecule has 7 heteroatoms. The van der Waals surface area contributed by atoms with Crippen molar-refractivity contribution in [2.45, 2.75) is 12.3 Å². The van der Waals surface area contributed by atoms with E-state index in [0.29, 0.717) is 5.56 Å². The fourth-order valence-electron chi connectivity index (χ4n) is 2.09. The summed E-state index contributed by atoms with van der Waals surface area (Å²) in [5, 5.41) is 9.12. The van der Waals surface area contributed by atoms with Crippen molar-refractivity contribution < 1.29 is 31.9 Å². The fraction of sp³-hybridized carbons (Fsp3) is 0.133. The monoisotopic (exact) mass is 316 g/mol. The van der Waals surface area contributed by atoms with Crippen LogP contribution in [0.5, 0.6) is 0 Å². The molecule has 1 unspecified atom stereocenters. The quantitative estimate of drug-likeness (QED) is 0.529. The van der Waals surface area contributed by atoms with Gasteiger partial charge in [-0.1, -0.05) is 30.3 Å². The molecule has 0 saturated heterocycles. The highest BCUT2D eigenvalue weighted by Gasteiger charge is 2.33. The topological polar surface area (TPSA) is 37.3 Å². The number of halogens is 5. The molecule has 0 aliphatic rings. The molecule has 1 atom stereocenters. The van der Waals surface area contributed by atoms with E-state index in [1.807, 2.05) is 0 Å². The third-order valence-electron chi connectivity index (χ3n) is 3.17. The number of carboxylic acids is 1. The predicted octanol–water partition coefficient (Wildman–Crippen LogP) is 3.79. The molecular formula is C15H9F5O2. The normalized spacial score (nSPS) is 12.2. The standard InChI is InChI=1S/C15H9F5O2/c16-10-9(11(17)13(19)14(20)12(10)18)8(15(21)22)6-7-4-2-1-3-5-7/h1-5,8H,6H2,(H,21,22). The molecule has 0 aliphatic heterocycles. The summed E-state index contributed by atoms with van der Waals surface area (Å²) in [6.07, 6.45) is -0.408. The third-order valence-corrected chi connectivity index (χ3v) is 3.17. The summed E-state index contributed by atoms with van der Waals surface area (Å²) in [7, 11) is 0. The Hall–Kier alpha value is -2.44. The molecule has 2 aromatic rings. The Bertz CT molecular complexity index is 687. The first kappa shape index (κ1) is 15.9.